The lowest BCUT2D eigenvalue weighted by molar-refractivity contribution is 0.511. The van der Waals surface area contributed by atoms with E-state index in [2.05, 4.69) is 20.3 Å². The SMILES string of the molecule is O=[PH](O)c1ncnc(N2CCNCC2)n1. The Balaban J connectivity index is 2.19. The second-order valence-corrected chi connectivity index (χ2v) is 4.21. The molecule has 1 unspecified atom stereocenters. The number of piperazine rings is 1. The van der Waals surface area contributed by atoms with E-state index in [0.29, 0.717) is 5.95 Å². The summed E-state index contributed by atoms with van der Waals surface area (Å²) in [5.74, 6) is 0.480. The van der Waals surface area contributed by atoms with Gasteiger partial charge in [0.05, 0.1) is 0 Å². The highest BCUT2D eigenvalue weighted by atomic mass is 31.1. The topological polar surface area (TPSA) is 91.2 Å². The van der Waals surface area contributed by atoms with Gasteiger partial charge in [-0.2, -0.15) is 4.98 Å². The predicted molar refractivity (Wildman–Crippen MR) is 55.8 cm³/mol. The summed E-state index contributed by atoms with van der Waals surface area (Å²) in [6.07, 6.45) is 1.28. The van der Waals surface area contributed by atoms with Crippen LogP contribution in [-0.4, -0.2) is 46.0 Å². The summed E-state index contributed by atoms with van der Waals surface area (Å²) in [6, 6.07) is 0. The van der Waals surface area contributed by atoms with E-state index in [1.807, 2.05) is 4.90 Å². The Morgan fingerprint density at radius 2 is 2.13 bits per heavy atom. The molecule has 1 aliphatic heterocycles. The fourth-order valence-corrected chi connectivity index (χ4v) is 1.77. The molecule has 1 fully saturated rings. The van der Waals surface area contributed by atoms with Crippen LogP contribution in [0.3, 0.4) is 0 Å². The first kappa shape index (κ1) is 10.5. The van der Waals surface area contributed by atoms with E-state index in [0.717, 1.165) is 26.2 Å². The third-order valence-electron chi connectivity index (χ3n) is 2.15. The predicted octanol–water partition coefficient (Wildman–Crippen LogP) is -1.63. The highest BCUT2D eigenvalue weighted by molar-refractivity contribution is 7.46. The molecule has 0 spiro atoms. The molecule has 0 saturated carbocycles. The standard InChI is InChI=1S/C7H12N5O2P/c13-15(14)7-10-5-9-6(11-7)12-3-1-8-2-4-12/h5,8,15H,1-4H2,(H,13,14). The lowest BCUT2D eigenvalue weighted by Crippen LogP contribution is -2.44. The fourth-order valence-electron chi connectivity index (χ4n) is 1.41. The van der Waals surface area contributed by atoms with Gasteiger partial charge in [0.2, 0.25) is 11.5 Å². The van der Waals surface area contributed by atoms with Gasteiger partial charge in [0.15, 0.2) is 0 Å². The number of nitrogens with zero attached hydrogens (tertiary/aromatic N) is 4. The van der Waals surface area contributed by atoms with Gasteiger partial charge in [0.25, 0.3) is 8.03 Å². The maximum atomic E-state index is 10.8. The van der Waals surface area contributed by atoms with Gasteiger partial charge in [-0.1, -0.05) is 0 Å². The highest BCUT2D eigenvalue weighted by Crippen LogP contribution is 2.11. The summed E-state index contributed by atoms with van der Waals surface area (Å²) >= 11 is 0. The zero-order valence-corrected chi connectivity index (χ0v) is 9.05. The summed E-state index contributed by atoms with van der Waals surface area (Å²) in [7, 11) is -2.83. The van der Waals surface area contributed by atoms with Gasteiger partial charge in [-0.3, -0.25) is 4.57 Å². The number of hydrogen-bond acceptors (Lipinski definition) is 6. The van der Waals surface area contributed by atoms with Crippen LogP contribution in [0.1, 0.15) is 0 Å². The Morgan fingerprint density at radius 3 is 2.80 bits per heavy atom. The lowest BCUT2D eigenvalue weighted by atomic mass is 10.4. The third kappa shape index (κ3) is 2.50. The van der Waals surface area contributed by atoms with E-state index in [9.17, 15) is 4.57 Å². The van der Waals surface area contributed by atoms with Gasteiger partial charge in [0, 0.05) is 26.2 Å². The number of aromatic nitrogens is 3. The Labute approximate surface area is 87.4 Å². The second kappa shape index (κ2) is 4.65. The largest absolute Gasteiger partial charge is 0.341 e. The minimum atomic E-state index is -2.83. The minimum absolute atomic E-state index is 0.0245. The fraction of sp³-hybridized carbons (Fsp3) is 0.571. The van der Waals surface area contributed by atoms with Crippen molar-refractivity contribution in [2.75, 3.05) is 31.1 Å². The Hall–Kier alpha value is -1.04. The Morgan fingerprint density at radius 1 is 1.40 bits per heavy atom. The van der Waals surface area contributed by atoms with Crippen LogP contribution in [0.4, 0.5) is 5.95 Å². The van der Waals surface area contributed by atoms with Crippen LogP contribution < -0.4 is 15.8 Å². The number of nitrogens with one attached hydrogen (secondary N) is 1. The van der Waals surface area contributed by atoms with Gasteiger partial charge in [0.1, 0.15) is 6.33 Å². The summed E-state index contributed by atoms with van der Waals surface area (Å²) in [4.78, 5) is 22.5. The molecular formula is C7H12N5O2P. The van der Waals surface area contributed by atoms with Crippen molar-refractivity contribution in [3.63, 3.8) is 0 Å². The van der Waals surface area contributed by atoms with Crippen molar-refractivity contribution in [3.8, 4) is 0 Å². The average Bonchev–Trinajstić information content (AvgIpc) is 2.30. The summed E-state index contributed by atoms with van der Waals surface area (Å²) in [6.45, 7) is 3.34. The van der Waals surface area contributed by atoms with E-state index < -0.39 is 8.03 Å². The second-order valence-electron chi connectivity index (χ2n) is 3.15. The first-order valence-electron chi connectivity index (χ1n) is 4.65. The molecule has 1 aromatic rings. The molecule has 2 rings (SSSR count). The van der Waals surface area contributed by atoms with Crippen molar-refractivity contribution in [2.45, 2.75) is 0 Å². The van der Waals surface area contributed by atoms with Crippen molar-refractivity contribution >= 4 is 19.5 Å². The average molecular weight is 229 g/mol. The van der Waals surface area contributed by atoms with Gasteiger partial charge >= 0.3 is 0 Å². The molecule has 1 aromatic heterocycles. The summed E-state index contributed by atoms with van der Waals surface area (Å²) in [5, 5.41) is 3.20. The first-order chi connectivity index (χ1) is 7.27. The molecule has 1 atom stereocenters. The van der Waals surface area contributed by atoms with Gasteiger partial charge in [-0.05, 0) is 0 Å². The van der Waals surface area contributed by atoms with Crippen LogP contribution in [0, 0.1) is 0 Å². The smallest absolute Gasteiger partial charge is 0.254 e. The van der Waals surface area contributed by atoms with Crippen molar-refractivity contribution in [1.82, 2.24) is 20.3 Å². The molecule has 7 nitrogen and oxygen atoms in total. The van der Waals surface area contributed by atoms with Gasteiger partial charge in [-0.25, -0.2) is 9.97 Å². The van der Waals surface area contributed by atoms with Crippen LogP contribution in [0.25, 0.3) is 0 Å². The first-order valence-corrected chi connectivity index (χ1v) is 6.01. The molecule has 1 saturated heterocycles. The molecule has 0 aromatic carbocycles. The number of anilines is 1. The lowest BCUT2D eigenvalue weighted by Gasteiger charge is -2.27. The molecule has 0 bridgehead atoms. The molecule has 1 aliphatic rings. The number of rotatable bonds is 2. The van der Waals surface area contributed by atoms with Crippen LogP contribution in [0.2, 0.25) is 0 Å². The summed E-state index contributed by atoms with van der Waals surface area (Å²) < 4.78 is 10.8. The Kier molecular flexibility index (Phi) is 3.25. The Bertz CT molecular complexity index is 368. The maximum absolute atomic E-state index is 10.8. The van der Waals surface area contributed by atoms with E-state index >= 15 is 0 Å². The molecule has 0 amide bonds. The molecule has 0 aliphatic carbocycles. The highest BCUT2D eigenvalue weighted by Gasteiger charge is 2.14. The van der Waals surface area contributed by atoms with Crippen molar-refractivity contribution in [3.05, 3.63) is 6.33 Å². The number of hydrogen-bond donors (Lipinski definition) is 2. The van der Waals surface area contributed by atoms with E-state index in [1.54, 1.807) is 0 Å². The normalized spacial score (nSPS) is 18.9. The van der Waals surface area contributed by atoms with Crippen LogP contribution >= 0.6 is 8.03 Å². The zero-order chi connectivity index (χ0) is 10.7. The summed E-state index contributed by atoms with van der Waals surface area (Å²) in [5.41, 5.74) is -0.0245. The zero-order valence-electron chi connectivity index (χ0n) is 8.05. The molecular weight excluding hydrogens is 217 g/mol. The molecule has 82 valence electrons. The quantitative estimate of drug-likeness (QED) is 0.588. The van der Waals surface area contributed by atoms with Crippen molar-refractivity contribution in [1.29, 1.82) is 0 Å². The minimum Gasteiger partial charge on any atom is -0.341 e. The molecule has 2 heterocycles. The molecule has 2 N–H and O–H groups in total. The monoisotopic (exact) mass is 229 g/mol. The van der Waals surface area contributed by atoms with Crippen LogP contribution in [0.15, 0.2) is 6.33 Å². The van der Waals surface area contributed by atoms with E-state index in [-0.39, 0.29) is 5.57 Å². The van der Waals surface area contributed by atoms with E-state index in [1.165, 1.54) is 6.33 Å². The van der Waals surface area contributed by atoms with Gasteiger partial charge < -0.3 is 15.1 Å². The van der Waals surface area contributed by atoms with Crippen LogP contribution in [-0.2, 0) is 4.57 Å². The third-order valence-corrected chi connectivity index (χ3v) is 2.77. The molecule has 0 radical (unpaired) electrons. The maximum Gasteiger partial charge on any atom is 0.254 e. The van der Waals surface area contributed by atoms with Crippen molar-refractivity contribution in [2.24, 2.45) is 0 Å². The van der Waals surface area contributed by atoms with Gasteiger partial charge in [-0.15, -0.1) is 0 Å². The molecule has 15 heavy (non-hydrogen) atoms. The van der Waals surface area contributed by atoms with Crippen LogP contribution in [0.5, 0.6) is 0 Å². The molecule has 8 heteroatoms. The van der Waals surface area contributed by atoms with Crippen molar-refractivity contribution < 1.29 is 9.46 Å². The van der Waals surface area contributed by atoms with E-state index in [4.69, 9.17) is 4.89 Å².